The third-order valence-electron chi connectivity index (χ3n) is 5.51. The van der Waals surface area contributed by atoms with Crippen molar-refractivity contribution in [3.8, 4) is 0 Å². The predicted molar refractivity (Wildman–Crippen MR) is 98.3 cm³/mol. The first-order valence-electron chi connectivity index (χ1n) is 9.36. The van der Waals surface area contributed by atoms with Crippen LogP contribution in [0, 0.1) is 5.82 Å². The first-order valence-corrected chi connectivity index (χ1v) is 9.36. The molecule has 0 unspecified atom stereocenters. The van der Waals surface area contributed by atoms with E-state index in [-0.39, 0.29) is 11.4 Å². The van der Waals surface area contributed by atoms with Gasteiger partial charge >= 0.3 is 0 Å². The number of hydrogen-bond acceptors (Lipinski definition) is 5. The largest absolute Gasteiger partial charge is 0.375 e. The third-order valence-corrected chi connectivity index (χ3v) is 5.51. The van der Waals surface area contributed by atoms with Crippen LogP contribution in [-0.2, 0) is 11.3 Å². The standard InChI is InChI=1S/C20H25FN4O/c21-18-5-2-1-4-16(18)15-25-11-7-20(8-12-25)14-17(6-13-26-20)24-19-22-9-3-10-23-19/h1-5,9-10,17H,6-8,11-15H2,(H,22,23,24)/t17-/m0/s1. The molecule has 138 valence electrons. The van der Waals surface area contributed by atoms with Crippen molar-refractivity contribution in [2.75, 3.05) is 25.0 Å². The number of benzene rings is 1. The minimum Gasteiger partial charge on any atom is -0.375 e. The Hall–Kier alpha value is -2.05. The number of halogens is 1. The molecule has 0 aliphatic carbocycles. The number of anilines is 1. The van der Waals surface area contributed by atoms with Crippen LogP contribution in [0.15, 0.2) is 42.7 Å². The Morgan fingerprint density at radius 1 is 1.15 bits per heavy atom. The van der Waals surface area contributed by atoms with Gasteiger partial charge in [-0.2, -0.15) is 0 Å². The van der Waals surface area contributed by atoms with Crippen LogP contribution in [0.3, 0.4) is 0 Å². The van der Waals surface area contributed by atoms with Crippen molar-refractivity contribution < 1.29 is 9.13 Å². The summed E-state index contributed by atoms with van der Waals surface area (Å²) in [6, 6.07) is 9.20. The molecule has 2 fully saturated rings. The Morgan fingerprint density at radius 3 is 2.69 bits per heavy atom. The zero-order valence-corrected chi connectivity index (χ0v) is 14.9. The maximum absolute atomic E-state index is 13.9. The number of ether oxygens (including phenoxy) is 1. The number of nitrogens with one attached hydrogen (secondary N) is 1. The monoisotopic (exact) mass is 356 g/mol. The van der Waals surface area contributed by atoms with Gasteiger partial charge in [0.1, 0.15) is 5.82 Å². The van der Waals surface area contributed by atoms with Gasteiger partial charge in [0, 0.05) is 50.2 Å². The van der Waals surface area contributed by atoms with E-state index in [0.717, 1.165) is 50.9 Å². The highest BCUT2D eigenvalue weighted by Gasteiger charge is 2.40. The summed E-state index contributed by atoms with van der Waals surface area (Å²) in [6.07, 6.45) is 7.42. The summed E-state index contributed by atoms with van der Waals surface area (Å²) in [5.41, 5.74) is 0.699. The van der Waals surface area contributed by atoms with Crippen LogP contribution in [-0.4, -0.2) is 46.2 Å². The molecule has 2 saturated heterocycles. The average Bonchev–Trinajstić information content (AvgIpc) is 2.67. The zero-order chi connectivity index (χ0) is 17.8. The molecule has 1 aromatic carbocycles. The molecule has 3 heterocycles. The van der Waals surface area contributed by atoms with Crippen LogP contribution in [0.4, 0.5) is 10.3 Å². The van der Waals surface area contributed by atoms with Gasteiger partial charge in [0.15, 0.2) is 0 Å². The predicted octanol–water partition coefficient (Wildman–Crippen LogP) is 3.24. The number of piperidine rings is 1. The van der Waals surface area contributed by atoms with Crippen molar-refractivity contribution in [2.45, 2.75) is 43.9 Å². The fourth-order valence-corrected chi connectivity index (χ4v) is 4.04. The number of nitrogens with zero attached hydrogens (tertiary/aromatic N) is 3. The Bertz CT molecular complexity index is 719. The van der Waals surface area contributed by atoms with E-state index in [2.05, 4.69) is 20.2 Å². The molecule has 1 N–H and O–H groups in total. The maximum Gasteiger partial charge on any atom is 0.222 e. The van der Waals surface area contributed by atoms with Crippen LogP contribution in [0.5, 0.6) is 0 Å². The van der Waals surface area contributed by atoms with Gasteiger partial charge in [-0.1, -0.05) is 18.2 Å². The second kappa shape index (κ2) is 7.68. The average molecular weight is 356 g/mol. The third kappa shape index (κ3) is 4.02. The Morgan fingerprint density at radius 2 is 1.92 bits per heavy atom. The van der Waals surface area contributed by atoms with Gasteiger partial charge in [0.05, 0.1) is 5.60 Å². The molecule has 2 aliphatic heterocycles. The minimum atomic E-state index is -0.117. The molecule has 4 rings (SSSR count). The van der Waals surface area contributed by atoms with Crippen LogP contribution in [0.25, 0.3) is 0 Å². The molecule has 1 atom stereocenters. The smallest absolute Gasteiger partial charge is 0.222 e. The molecular weight excluding hydrogens is 331 g/mol. The van der Waals surface area contributed by atoms with Crippen molar-refractivity contribution in [3.05, 3.63) is 54.1 Å². The lowest BCUT2D eigenvalue weighted by Gasteiger charge is -2.46. The van der Waals surface area contributed by atoms with E-state index < -0.39 is 0 Å². The molecule has 0 amide bonds. The van der Waals surface area contributed by atoms with Gasteiger partial charge in [0.25, 0.3) is 0 Å². The van der Waals surface area contributed by atoms with Gasteiger partial charge < -0.3 is 10.1 Å². The van der Waals surface area contributed by atoms with E-state index in [1.165, 1.54) is 6.07 Å². The minimum absolute atomic E-state index is 0.0730. The molecular formula is C20H25FN4O. The van der Waals surface area contributed by atoms with E-state index in [1.54, 1.807) is 18.5 Å². The lowest BCUT2D eigenvalue weighted by atomic mass is 9.82. The molecule has 26 heavy (non-hydrogen) atoms. The second-order valence-electron chi connectivity index (χ2n) is 7.31. The highest BCUT2D eigenvalue weighted by Crippen LogP contribution is 2.36. The van der Waals surface area contributed by atoms with E-state index in [0.29, 0.717) is 18.5 Å². The normalized spacial score (nSPS) is 23.0. The van der Waals surface area contributed by atoms with E-state index in [4.69, 9.17) is 4.74 Å². The summed E-state index contributed by atoms with van der Waals surface area (Å²) < 4.78 is 20.1. The van der Waals surface area contributed by atoms with E-state index in [1.807, 2.05) is 18.2 Å². The number of likely N-dealkylation sites (tertiary alicyclic amines) is 1. The maximum atomic E-state index is 13.9. The topological polar surface area (TPSA) is 50.3 Å². The lowest BCUT2D eigenvalue weighted by molar-refractivity contribution is -0.115. The van der Waals surface area contributed by atoms with E-state index in [9.17, 15) is 4.39 Å². The fraction of sp³-hybridized carbons (Fsp3) is 0.500. The van der Waals surface area contributed by atoms with Gasteiger partial charge in [0.2, 0.25) is 5.95 Å². The molecule has 1 spiro atoms. The van der Waals surface area contributed by atoms with E-state index >= 15 is 0 Å². The van der Waals surface area contributed by atoms with Crippen molar-refractivity contribution in [3.63, 3.8) is 0 Å². The van der Waals surface area contributed by atoms with Gasteiger partial charge in [-0.25, -0.2) is 14.4 Å². The molecule has 2 aliphatic rings. The van der Waals surface area contributed by atoms with Crippen molar-refractivity contribution >= 4 is 5.95 Å². The molecule has 0 radical (unpaired) electrons. The fourth-order valence-electron chi connectivity index (χ4n) is 4.04. The molecule has 5 nitrogen and oxygen atoms in total. The highest BCUT2D eigenvalue weighted by molar-refractivity contribution is 5.25. The number of hydrogen-bond donors (Lipinski definition) is 1. The second-order valence-corrected chi connectivity index (χ2v) is 7.31. The van der Waals surface area contributed by atoms with Gasteiger partial charge in [-0.15, -0.1) is 0 Å². The van der Waals surface area contributed by atoms with Crippen LogP contribution in [0.2, 0.25) is 0 Å². The first kappa shape index (κ1) is 17.4. The summed E-state index contributed by atoms with van der Waals surface area (Å²) in [5, 5.41) is 3.45. The highest BCUT2D eigenvalue weighted by atomic mass is 19.1. The van der Waals surface area contributed by atoms with Crippen LogP contribution in [0.1, 0.15) is 31.2 Å². The van der Waals surface area contributed by atoms with Crippen molar-refractivity contribution in [2.24, 2.45) is 0 Å². The van der Waals surface area contributed by atoms with Gasteiger partial charge in [-0.3, -0.25) is 4.90 Å². The molecule has 1 aromatic heterocycles. The summed E-state index contributed by atoms with van der Waals surface area (Å²) in [6.45, 7) is 3.30. The van der Waals surface area contributed by atoms with Crippen molar-refractivity contribution in [1.29, 1.82) is 0 Å². The lowest BCUT2D eigenvalue weighted by Crippen LogP contribution is -2.51. The van der Waals surface area contributed by atoms with Gasteiger partial charge in [-0.05, 0) is 37.8 Å². The summed E-state index contributed by atoms with van der Waals surface area (Å²) in [5.74, 6) is 0.570. The Balaban J connectivity index is 1.33. The molecule has 0 saturated carbocycles. The Kier molecular flexibility index (Phi) is 5.13. The zero-order valence-electron chi connectivity index (χ0n) is 14.9. The number of rotatable bonds is 4. The van der Waals surface area contributed by atoms with Crippen LogP contribution >= 0.6 is 0 Å². The number of aromatic nitrogens is 2. The first-order chi connectivity index (χ1) is 12.7. The molecule has 6 heteroatoms. The van der Waals surface area contributed by atoms with Crippen LogP contribution < -0.4 is 5.32 Å². The summed E-state index contributed by atoms with van der Waals surface area (Å²) in [7, 11) is 0. The van der Waals surface area contributed by atoms with Crippen molar-refractivity contribution in [1.82, 2.24) is 14.9 Å². The molecule has 2 aromatic rings. The Labute approximate surface area is 153 Å². The SMILES string of the molecule is Fc1ccccc1CN1CCC2(CC1)C[C@@H](Nc1ncccn1)CCO2. The summed E-state index contributed by atoms with van der Waals surface area (Å²) >= 11 is 0. The summed E-state index contributed by atoms with van der Waals surface area (Å²) in [4.78, 5) is 10.9. The molecule has 0 bridgehead atoms. The quantitative estimate of drug-likeness (QED) is 0.911.